The van der Waals surface area contributed by atoms with Crippen molar-refractivity contribution in [1.82, 2.24) is 0 Å². The first-order valence-corrected chi connectivity index (χ1v) is 6.18. The van der Waals surface area contributed by atoms with Gasteiger partial charge in [0.05, 0.1) is 24.9 Å². The van der Waals surface area contributed by atoms with Crippen molar-refractivity contribution in [1.29, 1.82) is 0 Å². The van der Waals surface area contributed by atoms with E-state index in [1.165, 1.54) is 0 Å². The Bertz CT molecular complexity index is 229. The molecule has 4 heteroatoms. The van der Waals surface area contributed by atoms with E-state index in [2.05, 4.69) is 0 Å². The van der Waals surface area contributed by atoms with Gasteiger partial charge in [0.2, 0.25) is 0 Å². The summed E-state index contributed by atoms with van der Waals surface area (Å²) in [5.41, 5.74) is 0. The first-order valence-electron chi connectivity index (χ1n) is 6.18. The van der Waals surface area contributed by atoms with Gasteiger partial charge in [0.25, 0.3) is 0 Å². The van der Waals surface area contributed by atoms with Crippen LogP contribution in [0.15, 0.2) is 0 Å². The summed E-state index contributed by atoms with van der Waals surface area (Å²) in [6.45, 7) is 5.28. The molecule has 2 aliphatic heterocycles. The minimum atomic E-state index is -0.448. The van der Waals surface area contributed by atoms with Gasteiger partial charge in [-0.15, -0.1) is 0 Å². The van der Waals surface area contributed by atoms with Crippen molar-refractivity contribution in [2.24, 2.45) is 0 Å². The summed E-state index contributed by atoms with van der Waals surface area (Å²) in [5.74, 6) is -0.448. The van der Waals surface area contributed by atoms with E-state index in [1.54, 1.807) is 0 Å². The third-order valence-corrected chi connectivity index (χ3v) is 3.25. The van der Waals surface area contributed by atoms with E-state index in [1.807, 2.05) is 13.8 Å². The van der Waals surface area contributed by atoms with E-state index in [4.69, 9.17) is 14.2 Å². The molecule has 0 amide bonds. The average molecular weight is 230 g/mol. The maximum atomic E-state index is 9.75. The van der Waals surface area contributed by atoms with E-state index in [0.29, 0.717) is 6.61 Å². The highest BCUT2D eigenvalue weighted by molar-refractivity contribution is 4.77. The Kier molecular flexibility index (Phi) is 3.85. The van der Waals surface area contributed by atoms with Crippen LogP contribution in [-0.2, 0) is 14.2 Å². The Hall–Kier alpha value is -0.160. The highest BCUT2D eigenvalue weighted by atomic mass is 16.7. The third-order valence-electron chi connectivity index (χ3n) is 3.25. The van der Waals surface area contributed by atoms with Crippen molar-refractivity contribution in [3.8, 4) is 0 Å². The van der Waals surface area contributed by atoms with Gasteiger partial charge in [-0.2, -0.15) is 0 Å². The van der Waals surface area contributed by atoms with Crippen LogP contribution in [-0.4, -0.2) is 42.4 Å². The molecular weight excluding hydrogens is 208 g/mol. The normalized spacial score (nSPS) is 38.8. The maximum absolute atomic E-state index is 9.75. The van der Waals surface area contributed by atoms with Gasteiger partial charge in [-0.25, -0.2) is 0 Å². The summed E-state index contributed by atoms with van der Waals surface area (Å²) in [6.07, 6.45) is 3.40. The Morgan fingerprint density at radius 1 is 1.31 bits per heavy atom. The molecule has 1 unspecified atom stereocenters. The van der Waals surface area contributed by atoms with E-state index >= 15 is 0 Å². The van der Waals surface area contributed by atoms with Gasteiger partial charge in [-0.3, -0.25) is 0 Å². The van der Waals surface area contributed by atoms with Crippen molar-refractivity contribution in [3.05, 3.63) is 0 Å². The predicted molar refractivity (Wildman–Crippen MR) is 59.1 cm³/mol. The van der Waals surface area contributed by atoms with Crippen LogP contribution in [0.1, 0.15) is 39.5 Å². The lowest BCUT2D eigenvalue weighted by Crippen LogP contribution is -2.34. The average Bonchev–Trinajstić information content (AvgIpc) is 2.57. The Balaban J connectivity index is 1.71. The molecule has 2 heterocycles. The van der Waals surface area contributed by atoms with E-state index in [-0.39, 0.29) is 18.3 Å². The molecule has 0 aromatic carbocycles. The molecule has 0 radical (unpaired) electrons. The quantitative estimate of drug-likeness (QED) is 0.797. The molecule has 0 spiro atoms. The number of rotatable bonds is 3. The standard InChI is InChI=1S/C12H22O4/c1-12(2)15-8-9(16-12)5-6-11-10(13)4-3-7-14-11/h9-11,13H,3-8H2,1-2H3/t9?,10-,11+/m0/s1. The number of aliphatic hydroxyl groups excluding tert-OH is 1. The van der Waals surface area contributed by atoms with Crippen LogP contribution < -0.4 is 0 Å². The molecule has 3 atom stereocenters. The van der Waals surface area contributed by atoms with Gasteiger partial charge < -0.3 is 19.3 Å². The van der Waals surface area contributed by atoms with Crippen LogP contribution in [0, 0.1) is 0 Å². The fraction of sp³-hybridized carbons (Fsp3) is 1.00. The molecule has 16 heavy (non-hydrogen) atoms. The molecule has 0 bridgehead atoms. The molecule has 0 aromatic rings. The van der Waals surface area contributed by atoms with Crippen molar-refractivity contribution >= 4 is 0 Å². The second kappa shape index (κ2) is 5.00. The first-order chi connectivity index (χ1) is 7.57. The summed E-state index contributed by atoms with van der Waals surface area (Å²) in [7, 11) is 0. The highest BCUT2D eigenvalue weighted by Crippen LogP contribution is 2.27. The molecule has 2 fully saturated rings. The third kappa shape index (κ3) is 3.17. The molecule has 2 aliphatic rings. The van der Waals surface area contributed by atoms with E-state index in [9.17, 15) is 5.11 Å². The van der Waals surface area contributed by atoms with Gasteiger partial charge >= 0.3 is 0 Å². The van der Waals surface area contributed by atoms with Crippen molar-refractivity contribution in [2.75, 3.05) is 13.2 Å². The predicted octanol–water partition coefficient (Wildman–Crippen LogP) is 1.46. The van der Waals surface area contributed by atoms with E-state index < -0.39 is 5.79 Å². The lowest BCUT2D eigenvalue weighted by atomic mass is 10.00. The molecule has 0 saturated carbocycles. The zero-order valence-corrected chi connectivity index (χ0v) is 10.1. The lowest BCUT2D eigenvalue weighted by Gasteiger charge is -2.28. The van der Waals surface area contributed by atoms with Crippen molar-refractivity contribution < 1.29 is 19.3 Å². The maximum Gasteiger partial charge on any atom is 0.163 e. The van der Waals surface area contributed by atoms with Gasteiger partial charge in [-0.1, -0.05) is 0 Å². The fourth-order valence-electron chi connectivity index (χ4n) is 2.36. The Labute approximate surface area is 96.9 Å². The molecule has 2 saturated heterocycles. The molecule has 2 rings (SSSR count). The summed E-state index contributed by atoms with van der Waals surface area (Å²) in [6, 6.07) is 0. The zero-order chi connectivity index (χ0) is 11.6. The topological polar surface area (TPSA) is 47.9 Å². The van der Waals surface area contributed by atoms with Gasteiger partial charge in [0.15, 0.2) is 5.79 Å². The SMILES string of the molecule is CC1(C)OCC(CC[C@H]2OCCC[C@@H]2O)O1. The Morgan fingerprint density at radius 2 is 2.12 bits per heavy atom. The van der Waals surface area contributed by atoms with Gasteiger partial charge in [0.1, 0.15) is 0 Å². The first kappa shape index (κ1) is 12.3. The van der Waals surface area contributed by atoms with Gasteiger partial charge in [-0.05, 0) is 39.5 Å². The number of hydrogen-bond donors (Lipinski definition) is 1. The molecule has 4 nitrogen and oxygen atoms in total. The molecule has 0 aromatic heterocycles. The highest BCUT2D eigenvalue weighted by Gasteiger charge is 2.33. The van der Waals surface area contributed by atoms with Crippen molar-refractivity contribution in [3.63, 3.8) is 0 Å². The minimum Gasteiger partial charge on any atom is -0.390 e. The lowest BCUT2D eigenvalue weighted by molar-refractivity contribution is -0.141. The van der Waals surface area contributed by atoms with Crippen LogP contribution in [0.4, 0.5) is 0 Å². The zero-order valence-electron chi connectivity index (χ0n) is 10.1. The molecular formula is C12H22O4. The number of hydrogen-bond acceptors (Lipinski definition) is 4. The largest absolute Gasteiger partial charge is 0.390 e. The van der Waals surface area contributed by atoms with Crippen molar-refractivity contribution in [2.45, 2.75) is 63.6 Å². The van der Waals surface area contributed by atoms with E-state index in [0.717, 1.165) is 32.3 Å². The molecule has 1 N–H and O–H groups in total. The molecule has 94 valence electrons. The van der Waals surface area contributed by atoms with Gasteiger partial charge in [0, 0.05) is 6.61 Å². The smallest absolute Gasteiger partial charge is 0.163 e. The summed E-state index contributed by atoms with van der Waals surface area (Å²) < 4.78 is 16.8. The molecule has 0 aliphatic carbocycles. The summed E-state index contributed by atoms with van der Waals surface area (Å²) in [4.78, 5) is 0. The van der Waals surface area contributed by atoms with Crippen LogP contribution in [0.3, 0.4) is 0 Å². The van der Waals surface area contributed by atoms with Crippen LogP contribution in [0.5, 0.6) is 0 Å². The summed E-state index contributed by atoms with van der Waals surface area (Å²) in [5, 5.41) is 9.75. The van der Waals surface area contributed by atoms with Crippen LogP contribution in [0.2, 0.25) is 0 Å². The van der Waals surface area contributed by atoms with Crippen LogP contribution >= 0.6 is 0 Å². The van der Waals surface area contributed by atoms with Crippen LogP contribution in [0.25, 0.3) is 0 Å². The number of ether oxygens (including phenoxy) is 3. The second-order valence-corrected chi connectivity index (χ2v) is 5.15. The second-order valence-electron chi connectivity index (χ2n) is 5.15. The Morgan fingerprint density at radius 3 is 2.75 bits per heavy atom. The monoisotopic (exact) mass is 230 g/mol. The fourth-order valence-corrected chi connectivity index (χ4v) is 2.36. The number of aliphatic hydroxyl groups is 1. The summed E-state index contributed by atoms with van der Waals surface area (Å²) >= 11 is 0. The minimum absolute atomic E-state index is 0.0129.